The highest BCUT2D eigenvalue weighted by molar-refractivity contribution is 6.31. The lowest BCUT2D eigenvalue weighted by atomic mass is 10.2. The number of alkyl halides is 2. The van der Waals surface area contributed by atoms with E-state index in [0.29, 0.717) is 22.6 Å². The minimum atomic E-state index is -3.15. The quantitative estimate of drug-likeness (QED) is 0.408. The van der Waals surface area contributed by atoms with Gasteiger partial charge in [0.15, 0.2) is 0 Å². The molecule has 170 valence electrons. The van der Waals surface area contributed by atoms with Gasteiger partial charge in [-0.25, -0.2) is 13.2 Å². The van der Waals surface area contributed by atoms with Crippen LogP contribution in [0.3, 0.4) is 0 Å². The van der Waals surface area contributed by atoms with Crippen LogP contribution in [0, 0.1) is 36.7 Å². The van der Waals surface area contributed by atoms with Gasteiger partial charge in [-0.2, -0.15) is 10.2 Å². The zero-order valence-corrected chi connectivity index (χ0v) is 18.0. The standard InChI is InChI=1S/C19H18ClF3N6O3/c1-9-16(10(2)27(25-9)7-12-4-5-13(21)6-14(12)20)24-15(30)8-28-11(3)18(29(31)32)17(26-28)19(22)23/h4-6,19H,7-8H2,1-3H3,(H,24,30). The maximum atomic E-state index is 13.3. The molecule has 3 rings (SSSR count). The molecule has 1 aromatic carbocycles. The first-order valence-electron chi connectivity index (χ1n) is 9.27. The molecule has 0 fully saturated rings. The number of halogens is 4. The van der Waals surface area contributed by atoms with E-state index in [-0.39, 0.29) is 17.3 Å². The third kappa shape index (κ3) is 4.59. The Morgan fingerprint density at radius 3 is 2.47 bits per heavy atom. The molecule has 13 heteroatoms. The molecule has 0 atom stereocenters. The van der Waals surface area contributed by atoms with Crippen LogP contribution in [0.1, 0.15) is 34.8 Å². The van der Waals surface area contributed by atoms with E-state index in [1.54, 1.807) is 18.5 Å². The molecule has 32 heavy (non-hydrogen) atoms. The topological polar surface area (TPSA) is 108 Å². The molecule has 0 aliphatic heterocycles. The second-order valence-corrected chi connectivity index (χ2v) is 7.43. The van der Waals surface area contributed by atoms with E-state index in [0.717, 1.165) is 4.68 Å². The third-order valence-electron chi connectivity index (χ3n) is 4.86. The zero-order valence-electron chi connectivity index (χ0n) is 17.2. The van der Waals surface area contributed by atoms with E-state index >= 15 is 0 Å². The van der Waals surface area contributed by atoms with Gasteiger partial charge in [0.05, 0.1) is 28.5 Å². The fourth-order valence-electron chi connectivity index (χ4n) is 3.24. The molecule has 0 aliphatic carbocycles. The van der Waals surface area contributed by atoms with Gasteiger partial charge in [-0.1, -0.05) is 17.7 Å². The molecule has 9 nitrogen and oxygen atoms in total. The lowest BCUT2D eigenvalue weighted by molar-refractivity contribution is -0.386. The van der Waals surface area contributed by atoms with Crippen molar-refractivity contribution in [3.63, 3.8) is 0 Å². The van der Waals surface area contributed by atoms with Crippen molar-refractivity contribution >= 4 is 28.9 Å². The number of hydrogen-bond donors (Lipinski definition) is 1. The summed E-state index contributed by atoms with van der Waals surface area (Å²) in [5.74, 6) is -1.10. The maximum absolute atomic E-state index is 13.3. The SMILES string of the molecule is Cc1nn(Cc2ccc(F)cc2Cl)c(C)c1NC(=O)Cn1nc(C(F)F)c([N+](=O)[O-])c1C. The van der Waals surface area contributed by atoms with Crippen molar-refractivity contribution in [3.8, 4) is 0 Å². The van der Waals surface area contributed by atoms with Crippen molar-refractivity contribution in [1.29, 1.82) is 0 Å². The van der Waals surface area contributed by atoms with Crippen molar-refractivity contribution in [1.82, 2.24) is 19.6 Å². The van der Waals surface area contributed by atoms with Gasteiger partial charge < -0.3 is 5.32 Å². The van der Waals surface area contributed by atoms with Crippen molar-refractivity contribution in [2.75, 3.05) is 5.32 Å². The Morgan fingerprint density at radius 2 is 1.91 bits per heavy atom. The first-order valence-corrected chi connectivity index (χ1v) is 9.65. The highest BCUT2D eigenvalue weighted by Crippen LogP contribution is 2.31. The molecule has 0 unspecified atom stereocenters. The molecule has 2 aromatic heterocycles. The molecule has 1 N–H and O–H groups in total. The average Bonchev–Trinajstić information content (AvgIpc) is 3.15. The van der Waals surface area contributed by atoms with Crippen molar-refractivity contribution in [3.05, 3.63) is 67.5 Å². The van der Waals surface area contributed by atoms with Crippen molar-refractivity contribution in [2.24, 2.45) is 0 Å². The number of nitro groups is 1. The van der Waals surface area contributed by atoms with E-state index in [1.165, 1.54) is 25.1 Å². The van der Waals surface area contributed by atoms with Gasteiger partial charge in [-0.05, 0) is 38.5 Å². The summed E-state index contributed by atoms with van der Waals surface area (Å²) in [5, 5.41) is 21.8. The van der Waals surface area contributed by atoms with Gasteiger partial charge in [-0.15, -0.1) is 0 Å². The molecule has 3 aromatic rings. The van der Waals surface area contributed by atoms with Crippen LogP contribution in [0.5, 0.6) is 0 Å². The predicted molar refractivity (Wildman–Crippen MR) is 109 cm³/mol. The molecule has 0 bridgehead atoms. The molecule has 0 radical (unpaired) electrons. The van der Waals surface area contributed by atoms with Crippen LogP contribution in [0.2, 0.25) is 5.02 Å². The summed E-state index contributed by atoms with van der Waals surface area (Å²) in [7, 11) is 0. The number of amides is 1. The lowest BCUT2D eigenvalue weighted by Crippen LogP contribution is -2.21. The van der Waals surface area contributed by atoms with Crippen LogP contribution in [0.25, 0.3) is 0 Å². The van der Waals surface area contributed by atoms with E-state index < -0.39 is 41.0 Å². The molecule has 0 saturated heterocycles. The number of hydrogen-bond acceptors (Lipinski definition) is 5. The Morgan fingerprint density at radius 1 is 1.22 bits per heavy atom. The van der Waals surface area contributed by atoms with Gasteiger partial charge in [0.1, 0.15) is 18.1 Å². The van der Waals surface area contributed by atoms with Gasteiger partial charge >= 0.3 is 5.69 Å². The Kier molecular flexibility index (Phi) is 6.53. The van der Waals surface area contributed by atoms with Gasteiger partial charge in [-0.3, -0.25) is 24.3 Å². The second kappa shape index (κ2) is 8.99. The van der Waals surface area contributed by atoms with Gasteiger partial charge in [0, 0.05) is 5.02 Å². The minimum absolute atomic E-state index is 0.157. The normalized spacial score (nSPS) is 11.2. The van der Waals surface area contributed by atoms with Crippen LogP contribution in [0.4, 0.5) is 24.5 Å². The molecule has 2 heterocycles. The van der Waals surface area contributed by atoms with Crippen molar-refractivity contribution in [2.45, 2.75) is 40.3 Å². The maximum Gasteiger partial charge on any atom is 0.319 e. The number of nitrogens with zero attached hydrogens (tertiary/aromatic N) is 5. The van der Waals surface area contributed by atoms with E-state index in [9.17, 15) is 28.1 Å². The molecule has 0 aliphatic rings. The average molecular weight is 471 g/mol. The second-order valence-electron chi connectivity index (χ2n) is 7.02. The lowest BCUT2D eigenvalue weighted by Gasteiger charge is -2.09. The summed E-state index contributed by atoms with van der Waals surface area (Å²) in [4.78, 5) is 22.7. The Labute approximate surface area is 184 Å². The smallest absolute Gasteiger partial charge is 0.319 e. The van der Waals surface area contributed by atoms with Gasteiger partial charge in [0.2, 0.25) is 11.6 Å². The summed E-state index contributed by atoms with van der Waals surface area (Å²) < 4.78 is 41.9. The molecular weight excluding hydrogens is 453 g/mol. The number of rotatable bonds is 7. The summed E-state index contributed by atoms with van der Waals surface area (Å²) in [5.41, 5.74) is 0.103. The number of aryl methyl sites for hydroxylation is 1. The van der Waals surface area contributed by atoms with E-state index in [1.807, 2.05) is 0 Å². The Balaban J connectivity index is 1.80. The predicted octanol–water partition coefficient (Wildman–Crippen LogP) is 4.33. The minimum Gasteiger partial charge on any atom is -0.321 e. The Bertz CT molecular complexity index is 1210. The molecule has 0 spiro atoms. The van der Waals surface area contributed by atoms with E-state index in [2.05, 4.69) is 15.5 Å². The van der Waals surface area contributed by atoms with Crippen LogP contribution in [0.15, 0.2) is 18.2 Å². The number of carbonyl (C=O) groups excluding carboxylic acids is 1. The van der Waals surface area contributed by atoms with Gasteiger partial charge in [0.25, 0.3) is 6.43 Å². The highest BCUT2D eigenvalue weighted by atomic mass is 35.5. The van der Waals surface area contributed by atoms with Crippen LogP contribution in [-0.2, 0) is 17.9 Å². The zero-order chi connectivity index (χ0) is 23.7. The van der Waals surface area contributed by atoms with Crippen molar-refractivity contribution < 1.29 is 22.9 Å². The summed E-state index contributed by atoms with van der Waals surface area (Å²) >= 11 is 6.07. The van der Waals surface area contributed by atoms with Crippen LogP contribution in [-0.4, -0.2) is 30.4 Å². The first-order chi connectivity index (χ1) is 15.0. The molecular formula is C19H18ClF3N6O3. The summed E-state index contributed by atoms with van der Waals surface area (Å²) in [6, 6.07) is 3.99. The van der Waals surface area contributed by atoms with Crippen LogP contribution >= 0.6 is 11.6 Å². The fourth-order valence-corrected chi connectivity index (χ4v) is 3.47. The number of benzene rings is 1. The summed E-state index contributed by atoms with van der Waals surface area (Å²) in [6.07, 6.45) is -3.15. The number of nitrogens with one attached hydrogen (secondary N) is 1. The first kappa shape index (κ1) is 23.3. The molecule has 1 amide bonds. The Hall–Kier alpha value is -3.41. The number of aromatic nitrogens is 4. The van der Waals surface area contributed by atoms with E-state index in [4.69, 9.17) is 11.6 Å². The monoisotopic (exact) mass is 470 g/mol. The largest absolute Gasteiger partial charge is 0.321 e. The summed E-state index contributed by atoms with van der Waals surface area (Å²) in [6.45, 7) is 4.32. The fraction of sp³-hybridized carbons (Fsp3) is 0.316. The molecule has 0 saturated carbocycles. The highest BCUT2D eigenvalue weighted by Gasteiger charge is 2.31. The third-order valence-corrected chi connectivity index (χ3v) is 5.22. The van der Waals surface area contributed by atoms with Crippen LogP contribution < -0.4 is 5.32 Å². The number of carbonyl (C=O) groups is 1. The number of anilines is 1.